The van der Waals surface area contributed by atoms with Gasteiger partial charge in [-0.3, -0.25) is 9.59 Å². The Balaban J connectivity index is 2.39. The minimum Gasteiger partial charge on any atom is -0.294 e. The van der Waals surface area contributed by atoms with Gasteiger partial charge in [0.25, 0.3) is 0 Å². The normalized spacial score (nSPS) is 35.6. The molecule has 2 nitrogen and oxygen atoms in total. The summed E-state index contributed by atoms with van der Waals surface area (Å²) in [7, 11) is 0. The summed E-state index contributed by atoms with van der Waals surface area (Å²) >= 11 is 0. The molecule has 0 N–H and O–H groups in total. The second-order valence-corrected chi connectivity index (χ2v) is 2.57. The number of ketones is 2. The van der Waals surface area contributed by atoms with E-state index in [1.807, 2.05) is 0 Å². The number of hydrogen-bond acceptors (Lipinski definition) is 2. The first-order valence-corrected chi connectivity index (χ1v) is 3.23. The zero-order chi connectivity index (χ0) is 7.14. The third-order valence-electron chi connectivity index (χ3n) is 1.98. The summed E-state index contributed by atoms with van der Waals surface area (Å²) in [5.74, 6) is -0.130. The van der Waals surface area contributed by atoms with Gasteiger partial charge in [-0.2, -0.15) is 0 Å². The van der Waals surface area contributed by atoms with Crippen molar-refractivity contribution in [3.8, 4) is 0 Å². The van der Waals surface area contributed by atoms with Crippen LogP contribution < -0.4 is 0 Å². The second kappa shape index (κ2) is 1.66. The van der Waals surface area contributed by atoms with E-state index in [0.717, 1.165) is 0 Å². The highest BCUT2D eigenvalue weighted by Gasteiger charge is 2.36. The maximum absolute atomic E-state index is 10.9. The smallest absolute Gasteiger partial charge is 0.163 e. The molecule has 50 valence electrons. The summed E-state index contributed by atoms with van der Waals surface area (Å²) in [6.45, 7) is 0. The Kier molecular flexibility index (Phi) is 0.926. The summed E-state index contributed by atoms with van der Waals surface area (Å²) in [6.07, 6.45) is 6.31. The molecule has 0 bridgehead atoms. The number of carbonyl (C=O) groups is 2. The van der Waals surface area contributed by atoms with Gasteiger partial charge in [-0.05, 0) is 12.2 Å². The zero-order valence-electron chi connectivity index (χ0n) is 5.28. The third kappa shape index (κ3) is 0.533. The lowest BCUT2D eigenvalue weighted by molar-refractivity contribution is -0.126. The molecule has 0 aromatic carbocycles. The van der Waals surface area contributed by atoms with Gasteiger partial charge in [0.1, 0.15) is 0 Å². The largest absolute Gasteiger partial charge is 0.294 e. The zero-order valence-corrected chi connectivity index (χ0v) is 5.28. The van der Waals surface area contributed by atoms with Crippen LogP contribution in [0.1, 0.15) is 0 Å². The fourth-order valence-electron chi connectivity index (χ4n) is 1.26. The Morgan fingerprint density at radius 2 is 1.30 bits per heavy atom. The molecule has 2 atom stereocenters. The van der Waals surface area contributed by atoms with Crippen LogP contribution in [0.15, 0.2) is 24.3 Å². The van der Waals surface area contributed by atoms with Crippen molar-refractivity contribution in [2.24, 2.45) is 11.8 Å². The van der Waals surface area contributed by atoms with Crippen LogP contribution in [0.5, 0.6) is 0 Å². The van der Waals surface area contributed by atoms with Gasteiger partial charge in [-0.15, -0.1) is 0 Å². The van der Waals surface area contributed by atoms with Crippen LogP contribution in [-0.4, -0.2) is 11.6 Å². The molecule has 0 heterocycles. The lowest BCUT2D eigenvalue weighted by atomic mass is 9.73. The Hall–Kier alpha value is -1.18. The van der Waals surface area contributed by atoms with Crippen molar-refractivity contribution in [3.05, 3.63) is 24.3 Å². The number of allylic oxidation sites excluding steroid dienone is 4. The maximum atomic E-state index is 10.9. The van der Waals surface area contributed by atoms with Gasteiger partial charge in [-0.1, -0.05) is 12.2 Å². The molecule has 10 heavy (non-hydrogen) atoms. The van der Waals surface area contributed by atoms with E-state index in [2.05, 4.69) is 0 Å². The summed E-state index contributed by atoms with van der Waals surface area (Å²) in [4.78, 5) is 21.8. The molecule has 0 amide bonds. The predicted octanol–water partition coefficient (Wildman–Crippen LogP) is 0.497. The van der Waals surface area contributed by atoms with Gasteiger partial charge in [0.15, 0.2) is 11.6 Å². The van der Waals surface area contributed by atoms with E-state index in [-0.39, 0.29) is 23.4 Å². The van der Waals surface area contributed by atoms with Crippen LogP contribution in [0.2, 0.25) is 0 Å². The van der Waals surface area contributed by atoms with Crippen molar-refractivity contribution in [3.63, 3.8) is 0 Å². The Morgan fingerprint density at radius 3 is 1.60 bits per heavy atom. The van der Waals surface area contributed by atoms with Crippen molar-refractivity contribution >= 4 is 11.6 Å². The summed E-state index contributed by atoms with van der Waals surface area (Å²) < 4.78 is 0. The molecule has 0 saturated heterocycles. The minimum atomic E-state index is -0.127. The number of rotatable bonds is 0. The van der Waals surface area contributed by atoms with Crippen molar-refractivity contribution < 1.29 is 9.59 Å². The fourth-order valence-corrected chi connectivity index (χ4v) is 1.26. The highest BCUT2D eigenvalue weighted by molar-refractivity contribution is 6.10. The number of hydrogen-bond donors (Lipinski definition) is 0. The molecular formula is C8H6O2. The van der Waals surface area contributed by atoms with Gasteiger partial charge in [-0.25, -0.2) is 0 Å². The molecule has 2 heteroatoms. The van der Waals surface area contributed by atoms with Gasteiger partial charge < -0.3 is 0 Å². The van der Waals surface area contributed by atoms with Crippen LogP contribution in [0.3, 0.4) is 0 Å². The number of carbonyl (C=O) groups excluding carboxylic acids is 2. The van der Waals surface area contributed by atoms with Crippen LogP contribution >= 0.6 is 0 Å². The molecule has 2 rings (SSSR count). The van der Waals surface area contributed by atoms with E-state index >= 15 is 0 Å². The highest BCUT2D eigenvalue weighted by atomic mass is 16.1. The first kappa shape index (κ1) is 5.59. The van der Waals surface area contributed by atoms with Crippen LogP contribution in [0.25, 0.3) is 0 Å². The topological polar surface area (TPSA) is 34.1 Å². The molecule has 0 aromatic rings. The Labute approximate surface area is 58.2 Å². The quantitative estimate of drug-likeness (QED) is 0.452. The molecule has 2 aliphatic carbocycles. The van der Waals surface area contributed by atoms with Crippen molar-refractivity contribution in [2.45, 2.75) is 0 Å². The Bertz CT molecular complexity index is 234. The highest BCUT2D eigenvalue weighted by Crippen LogP contribution is 2.30. The van der Waals surface area contributed by atoms with Crippen molar-refractivity contribution in [2.75, 3.05) is 0 Å². The average molecular weight is 134 g/mol. The van der Waals surface area contributed by atoms with Crippen LogP contribution in [-0.2, 0) is 9.59 Å². The second-order valence-electron chi connectivity index (χ2n) is 2.57. The van der Waals surface area contributed by atoms with Crippen LogP contribution in [0.4, 0.5) is 0 Å². The third-order valence-corrected chi connectivity index (χ3v) is 1.98. The fraction of sp³-hybridized carbons (Fsp3) is 0.250. The van der Waals surface area contributed by atoms with Gasteiger partial charge in [0, 0.05) is 0 Å². The standard InChI is InChI=1S/C8H6O2/c9-7-3-4-8(10)6-2-1-5(6)7/h1-6H. The van der Waals surface area contributed by atoms with E-state index in [9.17, 15) is 9.59 Å². The van der Waals surface area contributed by atoms with E-state index in [1.54, 1.807) is 12.2 Å². The van der Waals surface area contributed by atoms with Gasteiger partial charge >= 0.3 is 0 Å². The molecule has 0 radical (unpaired) electrons. The SMILES string of the molecule is O=C1C=CC(=O)C2C=CC12. The van der Waals surface area contributed by atoms with E-state index in [0.29, 0.717) is 0 Å². The lowest BCUT2D eigenvalue weighted by Gasteiger charge is -2.27. The Morgan fingerprint density at radius 1 is 0.900 bits per heavy atom. The molecule has 2 aliphatic rings. The first-order chi connectivity index (χ1) is 4.79. The summed E-state index contributed by atoms with van der Waals surface area (Å²) in [6, 6.07) is 0. The molecule has 0 aliphatic heterocycles. The molecular weight excluding hydrogens is 128 g/mol. The van der Waals surface area contributed by atoms with E-state index in [4.69, 9.17) is 0 Å². The molecule has 0 saturated carbocycles. The summed E-state index contributed by atoms with van der Waals surface area (Å²) in [5, 5.41) is 0. The van der Waals surface area contributed by atoms with Gasteiger partial charge in [0.05, 0.1) is 11.8 Å². The molecule has 0 fully saturated rings. The average Bonchev–Trinajstić information content (AvgIpc) is 1.78. The maximum Gasteiger partial charge on any atom is 0.163 e. The van der Waals surface area contributed by atoms with E-state index in [1.165, 1.54) is 12.2 Å². The monoisotopic (exact) mass is 134 g/mol. The number of fused-ring (bicyclic) bond motifs is 1. The van der Waals surface area contributed by atoms with Gasteiger partial charge in [0.2, 0.25) is 0 Å². The molecule has 0 spiro atoms. The molecule has 2 unspecified atom stereocenters. The molecule has 0 aromatic heterocycles. The predicted molar refractivity (Wildman–Crippen MR) is 35.3 cm³/mol. The van der Waals surface area contributed by atoms with Crippen LogP contribution in [0, 0.1) is 11.8 Å². The minimum absolute atomic E-state index is 0.0621. The lowest BCUT2D eigenvalue weighted by Crippen LogP contribution is -2.34. The van der Waals surface area contributed by atoms with E-state index < -0.39 is 0 Å². The summed E-state index contributed by atoms with van der Waals surface area (Å²) in [5.41, 5.74) is 0. The van der Waals surface area contributed by atoms with Crippen molar-refractivity contribution in [1.29, 1.82) is 0 Å². The first-order valence-electron chi connectivity index (χ1n) is 3.23. The van der Waals surface area contributed by atoms with Crippen molar-refractivity contribution in [1.82, 2.24) is 0 Å².